The Morgan fingerprint density at radius 2 is 2.25 bits per heavy atom. The van der Waals surface area contributed by atoms with Gasteiger partial charge in [0.25, 0.3) is 5.56 Å². The number of nitrogens with one attached hydrogen (secondary N) is 1. The van der Waals surface area contributed by atoms with E-state index in [1.807, 2.05) is 0 Å². The van der Waals surface area contributed by atoms with E-state index in [1.54, 1.807) is 6.20 Å². The van der Waals surface area contributed by atoms with Crippen molar-refractivity contribution in [1.29, 1.82) is 0 Å². The molecule has 0 aliphatic heterocycles. The number of thiophene rings is 1. The fraction of sp³-hybridized carbons (Fsp3) is 0.111. The summed E-state index contributed by atoms with van der Waals surface area (Å²) < 4.78 is 2.33. The van der Waals surface area contributed by atoms with Crippen molar-refractivity contribution in [2.24, 2.45) is 7.05 Å². The summed E-state index contributed by atoms with van der Waals surface area (Å²) in [7, 11) is 1.44. The highest BCUT2D eigenvalue weighted by Crippen LogP contribution is 2.26. The van der Waals surface area contributed by atoms with Crippen molar-refractivity contribution in [3.63, 3.8) is 0 Å². The Bertz CT molecular complexity index is 814. The first kappa shape index (κ1) is 9.22. The largest absolute Gasteiger partial charge is 0.328 e. The molecule has 0 saturated heterocycles. The quantitative estimate of drug-likeness (QED) is 0.603. The Hall–Kier alpha value is -2.02. The molecule has 0 saturated carbocycles. The van der Waals surface area contributed by atoms with Crippen molar-refractivity contribution >= 4 is 31.8 Å². The van der Waals surface area contributed by atoms with Crippen LogP contribution < -0.4 is 11.2 Å². The van der Waals surface area contributed by atoms with Gasteiger partial charge in [-0.3, -0.25) is 9.36 Å². The highest BCUT2D eigenvalue weighted by atomic mass is 32.1. The summed E-state index contributed by atoms with van der Waals surface area (Å²) in [6.45, 7) is 0. The van der Waals surface area contributed by atoms with Crippen LogP contribution in [0.25, 0.3) is 20.4 Å². The van der Waals surface area contributed by atoms with Gasteiger partial charge >= 0.3 is 5.69 Å². The molecule has 0 amide bonds. The lowest BCUT2D eigenvalue weighted by molar-refractivity contribution is 0.796. The lowest BCUT2D eigenvalue weighted by atomic mass is 10.4. The molecule has 0 aliphatic carbocycles. The Kier molecular flexibility index (Phi) is 1.72. The fourth-order valence-corrected chi connectivity index (χ4v) is 2.61. The second-order valence-corrected chi connectivity index (χ2v) is 4.39. The maximum Gasteiger partial charge on any atom is 0.328 e. The molecule has 0 aliphatic rings. The van der Waals surface area contributed by atoms with E-state index in [9.17, 15) is 9.59 Å². The van der Waals surface area contributed by atoms with Gasteiger partial charge in [0.1, 0.15) is 16.5 Å². The second kappa shape index (κ2) is 2.99. The van der Waals surface area contributed by atoms with E-state index in [0.29, 0.717) is 15.7 Å². The lowest BCUT2D eigenvalue weighted by Gasteiger charge is -1.94. The van der Waals surface area contributed by atoms with Gasteiger partial charge in [-0.1, -0.05) is 0 Å². The van der Waals surface area contributed by atoms with Crippen molar-refractivity contribution in [3.05, 3.63) is 33.4 Å². The van der Waals surface area contributed by atoms with E-state index in [0.717, 1.165) is 9.27 Å². The van der Waals surface area contributed by atoms with Crippen molar-refractivity contribution in [1.82, 2.24) is 19.5 Å². The molecule has 6 nitrogen and oxygen atoms in total. The maximum atomic E-state index is 11.8. The van der Waals surface area contributed by atoms with Gasteiger partial charge in [0.15, 0.2) is 0 Å². The third-order valence-electron chi connectivity index (χ3n) is 2.39. The van der Waals surface area contributed by atoms with E-state index >= 15 is 0 Å². The first-order valence-electron chi connectivity index (χ1n) is 4.50. The van der Waals surface area contributed by atoms with E-state index in [2.05, 4.69) is 15.0 Å². The minimum Gasteiger partial charge on any atom is -0.304 e. The Morgan fingerprint density at radius 3 is 3.06 bits per heavy atom. The van der Waals surface area contributed by atoms with E-state index in [4.69, 9.17) is 0 Å². The van der Waals surface area contributed by atoms with Crippen LogP contribution in [0.2, 0.25) is 0 Å². The number of aromatic amines is 1. The topological polar surface area (TPSA) is 80.6 Å². The summed E-state index contributed by atoms with van der Waals surface area (Å²) in [4.78, 5) is 33.9. The second-order valence-electron chi connectivity index (χ2n) is 3.34. The first-order valence-corrected chi connectivity index (χ1v) is 5.31. The average Bonchev–Trinajstić information content (AvgIpc) is 2.65. The average molecular weight is 234 g/mol. The smallest absolute Gasteiger partial charge is 0.304 e. The lowest BCUT2D eigenvalue weighted by Crippen LogP contribution is -2.31. The van der Waals surface area contributed by atoms with Gasteiger partial charge < -0.3 is 4.98 Å². The highest BCUT2D eigenvalue weighted by Gasteiger charge is 2.12. The van der Waals surface area contributed by atoms with Crippen LogP contribution in [0, 0.1) is 0 Å². The number of hydrogen-bond acceptors (Lipinski definition) is 5. The summed E-state index contributed by atoms with van der Waals surface area (Å²) in [6.07, 6.45) is 3.02. The van der Waals surface area contributed by atoms with Crippen LogP contribution >= 0.6 is 11.3 Å². The summed E-state index contributed by atoms with van der Waals surface area (Å²) in [5.41, 5.74) is 0.373. The number of rotatable bonds is 0. The first-order chi connectivity index (χ1) is 7.68. The molecule has 0 bridgehead atoms. The predicted octanol–water partition coefficient (Wildman–Crippen LogP) is 0.231. The maximum absolute atomic E-state index is 11.8. The minimum atomic E-state index is -0.434. The molecule has 0 atom stereocenters. The molecule has 0 aromatic carbocycles. The zero-order valence-electron chi connectivity index (χ0n) is 8.22. The third kappa shape index (κ3) is 1.06. The summed E-state index contributed by atoms with van der Waals surface area (Å²) in [5.74, 6) is 0. The molecule has 3 aromatic rings. The number of nitrogens with zero attached hydrogens (tertiary/aromatic N) is 3. The molecule has 16 heavy (non-hydrogen) atoms. The van der Waals surface area contributed by atoms with Gasteiger partial charge in [-0.15, -0.1) is 11.3 Å². The summed E-state index contributed by atoms with van der Waals surface area (Å²) in [6, 6.07) is 0. The van der Waals surface area contributed by atoms with Crippen molar-refractivity contribution in [3.8, 4) is 0 Å². The molecule has 0 spiro atoms. The van der Waals surface area contributed by atoms with Crippen LogP contribution in [0.5, 0.6) is 0 Å². The van der Waals surface area contributed by atoms with E-state index < -0.39 is 5.69 Å². The van der Waals surface area contributed by atoms with Crippen LogP contribution in [0.15, 0.2) is 22.1 Å². The van der Waals surface area contributed by atoms with E-state index in [1.165, 1.54) is 24.7 Å². The standard InChI is InChI=1S/C9H6N4O2S/c1-13-8(14)7-6(12-9(13)15)5-4(16-7)2-10-3-11-5/h2-3H,1H3,(H,12,15). The third-order valence-corrected chi connectivity index (χ3v) is 3.49. The molecule has 7 heteroatoms. The number of hydrogen-bond donors (Lipinski definition) is 1. The van der Waals surface area contributed by atoms with E-state index in [-0.39, 0.29) is 5.56 Å². The molecule has 0 fully saturated rings. The molecule has 80 valence electrons. The van der Waals surface area contributed by atoms with Gasteiger partial charge in [0.2, 0.25) is 0 Å². The summed E-state index contributed by atoms with van der Waals surface area (Å²) in [5, 5.41) is 0. The van der Waals surface area contributed by atoms with Crippen molar-refractivity contribution < 1.29 is 0 Å². The minimum absolute atomic E-state index is 0.304. The zero-order chi connectivity index (χ0) is 11.3. The number of H-pyrrole nitrogens is 1. The number of aromatic nitrogens is 4. The Labute approximate surface area is 92.2 Å². The van der Waals surface area contributed by atoms with Crippen LogP contribution in [-0.2, 0) is 7.05 Å². The van der Waals surface area contributed by atoms with Crippen molar-refractivity contribution in [2.45, 2.75) is 0 Å². The van der Waals surface area contributed by atoms with Crippen LogP contribution in [0.4, 0.5) is 0 Å². The molecule has 3 rings (SSSR count). The molecule has 0 unspecified atom stereocenters. The van der Waals surface area contributed by atoms with Crippen molar-refractivity contribution in [2.75, 3.05) is 0 Å². The molecular weight excluding hydrogens is 228 g/mol. The number of fused-ring (bicyclic) bond motifs is 3. The van der Waals surface area contributed by atoms with Crippen LogP contribution in [-0.4, -0.2) is 19.5 Å². The Balaban J connectivity index is 2.72. The fourth-order valence-electron chi connectivity index (χ4n) is 1.55. The monoisotopic (exact) mass is 234 g/mol. The SMILES string of the molecule is Cn1c(=O)[nH]c2c(sc3cncnc32)c1=O. The Morgan fingerprint density at radius 1 is 1.44 bits per heavy atom. The van der Waals surface area contributed by atoms with Gasteiger partial charge in [0, 0.05) is 13.2 Å². The predicted molar refractivity (Wildman–Crippen MR) is 60.8 cm³/mol. The van der Waals surface area contributed by atoms with Gasteiger partial charge in [-0.05, 0) is 0 Å². The molecular formula is C9H6N4O2S. The van der Waals surface area contributed by atoms with Crippen LogP contribution in [0.1, 0.15) is 0 Å². The zero-order valence-corrected chi connectivity index (χ0v) is 9.04. The van der Waals surface area contributed by atoms with Gasteiger partial charge in [-0.25, -0.2) is 14.8 Å². The molecule has 3 aromatic heterocycles. The molecule has 0 radical (unpaired) electrons. The molecule has 3 heterocycles. The van der Waals surface area contributed by atoms with Gasteiger partial charge in [-0.2, -0.15) is 0 Å². The van der Waals surface area contributed by atoms with Crippen LogP contribution in [0.3, 0.4) is 0 Å². The van der Waals surface area contributed by atoms with Gasteiger partial charge in [0.05, 0.1) is 10.2 Å². The summed E-state index contributed by atoms with van der Waals surface area (Å²) >= 11 is 1.28. The highest BCUT2D eigenvalue weighted by molar-refractivity contribution is 7.25. The molecule has 1 N–H and O–H groups in total. The normalized spacial score (nSPS) is 11.3.